The molecular weight excluding hydrogens is 296 g/mol. The largest absolute Gasteiger partial charge is 0.389 e. The van der Waals surface area contributed by atoms with Gasteiger partial charge in [0.15, 0.2) is 0 Å². The first kappa shape index (κ1) is 15.0. The van der Waals surface area contributed by atoms with Crippen molar-refractivity contribution in [3.8, 4) is 0 Å². The summed E-state index contributed by atoms with van der Waals surface area (Å²) < 4.78 is 0.868. The Morgan fingerprint density at radius 2 is 2.22 bits per heavy atom. The van der Waals surface area contributed by atoms with Crippen LogP contribution in [0.15, 0.2) is 22.7 Å². The summed E-state index contributed by atoms with van der Waals surface area (Å²) >= 11 is 3.46. The van der Waals surface area contributed by atoms with E-state index in [1.165, 1.54) is 0 Å². The number of carbonyl (C=O) groups is 1. The van der Waals surface area contributed by atoms with E-state index in [4.69, 9.17) is 0 Å². The fourth-order valence-corrected chi connectivity index (χ4v) is 2.35. The van der Waals surface area contributed by atoms with E-state index >= 15 is 0 Å². The Hall–Kier alpha value is -1.07. The maximum atomic E-state index is 11.5. The number of anilines is 1. The van der Waals surface area contributed by atoms with E-state index in [1.807, 2.05) is 37.1 Å². The number of hydrogen-bond donors (Lipinski definition) is 2. The van der Waals surface area contributed by atoms with Gasteiger partial charge in [0.2, 0.25) is 5.91 Å². The van der Waals surface area contributed by atoms with Crippen LogP contribution in [0.5, 0.6) is 0 Å². The van der Waals surface area contributed by atoms with Gasteiger partial charge in [0.05, 0.1) is 18.3 Å². The van der Waals surface area contributed by atoms with Crippen LogP contribution in [0.25, 0.3) is 0 Å². The number of likely N-dealkylation sites (N-methyl/N-ethyl adjacent to an activating group) is 2. The lowest BCUT2D eigenvalue weighted by molar-refractivity contribution is -0.119. The quantitative estimate of drug-likeness (QED) is 0.875. The average molecular weight is 315 g/mol. The van der Waals surface area contributed by atoms with Gasteiger partial charge in [-0.15, -0.1) is 0 Å². The Bertz CT molecular complexity index is 421. The summed E-state index contributed by atoms with van der Waals surface area (Å²) in [5.74, 6) is -0.00787. The first-order valence-electron chi connectivity index (χ1n) is 5.91. The van der Waals surface area contributed by atoms with Gasteiger partial charge in [-0.05, 0) is 47.5 Å². The van der Waals surface area contributed by atoms with Crippen molar-refractivity contribution in [3.05, 3.63) is 28.2 Å². The highest BCUT2D eigenvalue weighted by Crippen LogP contribution is 2.28. The zero-order valence-electron chi connectivity index (χ0n) is 10.9. The summed E-state index contributed by atoms with van der Waals surface area (Å²) in [4.78, 5) is 13.4. The average Bonchev–Trinajstić information content (AvgIpc) is 2.28. The Kier molecular flexibility index (Phi) is 5.62. The van der Waals surface area contributed by atoms with E-state index in [9.17, 15) is 9.90 Å². The van der Waals surface area contributed by atoms with Crippen LogP contribution < -0.4 is 10.2 Å². The van der Waals surface area contributed by atoms with Crippen LogP contribution in [0.3, 0.4) is 0 Å². The van der Waals surface area contributed by atoms with Crippen molar-refractivity contribution >= 4 is 27.5 Å². The number of aliphatic hydroxyl groups is 1. The molecule has 4 nitrogen and oxygen atoms in total. The van der Waals surface area contributed by atoms with E-state index in [0.29, 0.717) is 13.1 Å². The number of amides is 1. The third kappa shape index (κ3) is 3.99. The van der Waals surface area contributed by atoms with E-state index in [2.05, 4.69) is 21.2 Å². The van der Waals surface area contributed by atoms with E-state index in [-0.39, 0.29) is 5.91 Å². The Balaban J connectivity index is 2.80. The van der Waals surface area contributed by atoms with Crippen LogP contribution in [-0.4, -0.2) is 31.2 Å². The summed E-state index contributed by atoms with van der Waals surface area (Å²) in [6.07, 6.45) is -0.496. The van der Waals surface area contributed by atoms with Crippen LogP contribution in [0, 0.1) is 0 Å². The van der Waals surface area contributed by atoms with Crippen molar-refractivity contribution in [3.63, 3.8) is 0 Å². The number of nitrogens with zero attached hydrogens (tertiary/aromatic N) is 1. The summed E-state index contributed by atoms with van der Waals surface area (Å²) in [5.41, 5.74) is 1.77. The number of halogens is 1. The Morgan fingerprint density at radius 3 is 2.72 bits per heavy atom. The molecule has 0 radical (unpaired) electrons. The van der Waals surface area contributed by atoms with Crippen molar-refractivity contribution in [2.45, 2.75) is 20.0 Å². The minimum absolute atomic E-state index is 0.00787. The minimum Gasteiger partial charge on any atom is -0.389 e. The molecule has 1 atom stereocenters. The van der Waals surface area contributed by atoms with Crippen LogP contribution in [0.4, 0.5) is 5.69 Å². The second-order valence-electron chi connectivity index (χ2n) is 4.20. The van der Waals surface area contributed by atoms with Gasteiger partial charge in [0, 0.05) is 18.1 Å². The molecule has 0 aromatic heterocycles. The van der Waals surface area contributed by atoms with Gasteiger partial charge in [0.1, 0.15) is 0 Å². The Labute approximate surface area is 116 Å². The first-order valence-corrected chi connectivity index (χ1v) is 6.70. The van der Waals surface area contributed by atoms with Crippen molar-refractivity contribution in [2.24, 2.45) is 0 Å². The molecule has 1 aromatic rings. The highest BCUT2D eigenvalue weighted by Gasteiger charge is 2.11. The van der Waals surface area contributed by atoms with E-state index in [0.717, 1.165) is 15.7 Å². The summed E-state index contributed by atoms with van der Waals surface area (Å²) in [6, 6.07) is 5.62. The molecule has 100 valence electrons. The third-order valence-electron chi connectivity index (χ3n) is 2.62. The maximum absolute atomic E-state index is 11.5. The molecule has 0 saturated carbocycles. The maximum Gasteiger partial charge on any atom is 0.239 e. The van der Waals surface area contributed by atoms with Gasteiger partial charge in [-0.2, -0.15) is 0 Å². The first-order chi connectivity index (χ1) is 8.45. The van der Waals surface area contributed by atoms with Crippen LogP contribution in [0.2, 0.25) is 0 Å². The molecular formula is C13H19BrN2O2. The SMILES string of the molecule is CCNC(=O)CN(C)c1ccc(C(C)O)cc1Br. The summed E-state index contributed by atoms with van der Waals surface area (Å²) in [5, 5.41) is 12.3. The van der Waals surface area contributed by atoms with Crippen molar-refractivity contribution in [1.82, 2.24) is 5.32 Å². The van der Waals surface area contributed by atoms with Gasteiger partial charge in [-0.1, -0.05) is 6.07 Å². The number of rotatable bonds is 5. The zero-order chi connectivity index (χ0) is 13.7. The predicted octanol–water partition coefficient (Wildman–Crippen LogP) is 2.07. The molecule has 5 heteroatoms. The molecule has 18 heavy (non-hydrogen) atoms. The fraction of sp³-hybridized carbons (Fsp3) is 0.462. The molecule has 1 rings (SSSR count). The van der Waals surface area contributed by atoms with Crippen LogP contribution >= 0.6 is 15.9 Å². The summed E-state index contributed by atoms with van der Waals surface area (Å²) in [7, 11) is 1.86. The van der Waals surface area contributed by atoms with Crippen molar-refractivity contribution < 1.29 is 9.90 Å². The second kappa shape index (κ2) is 6.75. The molecule has 0 aliphatic carbocycles. The summed E-state index contributed by atoms with van der Waals surface area (Å²) in [6.45, 7) is 4.56. The number of nitrogens with one attached hydrogen (secondary N) is 1. The van der Waals surface area contributed by atoms with Gasteiger partial charge >= 0.3 is 0 Å². The molecule has 0 saturated heterocycles. The van der Waals surface area contributed by atoms with Crippen LogP contribution in [-0.2, 0) is 4.79 Å². The molecule has 0 aliphatic heterocycles. The molecule has 0 fully saturated rings. The highest BCUT2D eigenvalue weighted by molar-refractivity contribution is 9.10. The third-order valence-corrected chi connectivity index (χ3v) is 3.26. The molecule has 0 aliphatic rings. The highest BCUT2D eigenvalue weighted by atomic mass is 79.9. The zero-order valence-corrected chi connectivity index (χ0v) is 12.5. The number of benzene rings is 1. The predicted molar refractivity (Wildman–Crippen MR) is 76.7 cm³/mol. The standard InChI is InChI=1S/C13H19BrN2O2/c1-4-15-13(18)8-16(3)12-6-5-10(9(2)17)7-11(12)14/h5-7,9,17H,4,8H2,1-3H3,(H,15,18). The molecule has 1 unspecified atom stereocenters. The number of hydrogen-bond acceptors (Lipinski definition) is 3. The molecule has 0 spiro atoms. The number of aliphatic hydroxyl groups excluding tert-OH is 1. The van der Waals surface area contributed by atoms with Crippen LogP contribution in [0.1, 0.15) is 25.5 Å². The van der Waals surface area contributed by atoms with Gasteiger partial charge < -0.3 is 15.3 Å². The van der Waals surface area contributed by atoms with Crippen molar-refractivity contribution in [1.29, 1.82) is 0 Å². The van der Waals surface area contributed by atoms with Gasteiger partial charge in [0.25, 0.3) is 0 Å². The topological polar surface area (TPSA) is 52.6 Å². The normalized spacial score (nSPS) is 12.1. The molecule has 1 aromatic carbocycles. The lowest BCUT2D eigenvalue weighted by atomic mass is 10.1. The molecule has 0 heterocycles. The fourth-order valence-electron chi connectivity index (χ4n) is 1.65. The Morgan fingerprint density at radius 1 is 1.56 bits per heavy atom. The van der Waals surface area contributed by atoms with E-state index < -0.39 is 6.10 Å². The molecule has 0 bridgehead atoms. The monoisotopic (exact) mass is 314 g/mol. The molecule has 1 amide bonds. The van der Waals surface area contributed by atoms with Gasteiger partial charge in [-0.25, -0.2) is 0 Å². The smallest absolute Gasteiger partial charge is 0.239 e. The minimum atomic E-state index is -0.496. The van der Waals surface area contributed by atoms with Crippen molar-refractivity contribution in [2.75, 3.05) is 25.0 Å². The lowest BCUT2D eigenvalue weighted by Crippen LogP contribution is -2.35. The number of carbonyl (C=O) groups excluding carboxylic acids is 1. The van der Waals surface area contributed by atoms with Gasteiger partial charge in [-0.3, -0.25) is 4.79 Å². The second-order valence-corrected chi connectivity index (χ2v) is 5.05. The lowest BCUT2D eigenvalue weighted by Gasteiger charge is -2.21. The van der Waals surface area contributed by atoms with E-state index in [1.54, 1.807) is 6.92 Å². The molecule has 2 N–H and O–H groups in total.